The fourth-order valence-corrected chi connectivity index (χ4v) is 5.60. The lowest BCUT2D eigenvalue weighted by Gasteiger charge is -2.33. The topological polar surface area (TPSA) is 12.5 Å². The van der Waals surface area contributed by atoms with Gasteiger partial charge in [0.15, 0.2) is 0 Å². The molecule has 4 aromatic carbocycles. The van der Waals surface area contributed by atoms with Gasteiger partial charge in [-0.1, -0.05) is 114 Å². The average molecular weight is 484 g/mol. The maximum Gasteiger partial charge on any atom is 0.136 e. The summed E-state index contributed by atoms with van der Waals surface area (Å²) in [5.41, 5.74) is 10.8. The van der Waals surface area contributed by atoms with Gasteiger partial charge in [0, 0.05) is 19.6 Å². The second kappa shape index (κ2) is 10.6. The van der Waals surface area contributed by atoms with Gasteiger partial charge < -0.3 is 4.74 Å². The highest BCUT2D eigenvalue weighted by Crippen LogP contribution is 2.39. The summed E-state index contributed by atoms with van der Waals surface area (Å²) in [5.74, 6) is 0.929. The van der Waals surface area contributed by atoms with Gasteiger partial charge in [0.1, 0.15) is 11.9 Å². The minimum atomic E-state index is 0.00152. The van der Waals surface area contributed by atoms with Gasteiger partial charge in [-0.05, 0) is 65.3 Å². The molecular weight excluding hydrogens is 450 g/mol. The first kappa shape index (κ1) is 23.5. The van der Waals surface area contributed by atoms with Gasteiger partial charge in [-0.25, -0.2) is 0 Å². The highest BCUT2D eigenvalue weighted by atomic mass is 16.5. The van der Waals surface area contributed by atoms with Crippen molar-refractivity contribution in [2.45, 2.75) is 25.9 Å². The van der Waals surface area contributed by atoms with Crippen molar-refractivity contribution in [3.05, 3.63) is 142 Å². The van der Waals surface area contributed by atoms with Crippen molar-refractivity contribution in [1.82, 2.24) is 4.90 Å². The summed E-state index contributed by atoms with van der Waals surface area (Å²) < 4.78 is 6.55. The number of hydrogen-bond donors (Lipinski definition) is 0. The second-order valence-corrected chi connectivity index (χ2v) is 10.1. The smallest absolute Gasteiger partial charge is 0.136 e. The summed E-state index contributed by atoms with van der Waals surface area (Å²) in [6.45, 7) is 5.07. The summed E-state index contributed by atoms with van der Waals surface area (Å²) in [5, 5.41) is 0. The number of rotatable bonds is 5. The Bertz CT molecular complexity index is 1370. The number of piperidine rings is 1. The molecule has 1 heterocycles. The largest absolute Gasteiger partial charge is 0.484 e. The lowest BCUT2D eigenvalue weighted by Crippen LogP contribution is -2.36. The van der Waals surface area contributed by atoms with Crippen LogP contribution >= 0.6 is 0 Å². The predicted molar refractivity (Wildman–Crippen MR) is 154 cm³/mol. The SMILES string of the molecule is Cc1ccc(OC(CN2CCC(=C3c4ccccc4C=Cc4ccccc43)CC2)c2ccccc2)cc1. The highest BCUT2D eigenvalue weighted by molar-refractivity contribution is 5.94. The Balaban J connectivity index is 1.25. The molecule has 37 heavy (non-hydrogen) atoms. The van der Waals surface area contributed by atoms with Crippen molar-refractivity contribution in [3.8, 4) is 5.75 Å². The number of hydrogen-bond acceptors (Lipinski definition) is 2. The molecule has 2 aliphatic rings. The molecule has 4 aromatic rings. The summed E-state index contributed by atoms with van der Waals surface area (Å²) in [6.07, 6.45) is 6.68. The average Bonchev–Trinajstić information content (AvgIpc) is 3.12. The molecule has 0 amide bonds. The molecule has 1 atom stereocenters. The number of ether oxygens (including phenoxy) is 1. The summed E-state index contributed by atoms with van der Waals surface area (Å²) in [4.78, 5) is 2.57. The molecule has 184 valence electrons. The summed E-state index contributed by atoms with van der Waals surface area (Å²) >= 11 is 0. The van der Waals surface area contributed by atoms with E-state index in [1.807, 2.05) is 0 Å². The van der Waals surface area contributed by atoms with E-state index in [2.05, 4.69) is 127 Å². The zero-order valence-corrected chi connectivity index (χ0v) is 21.4. The molecule has 0 saturated carbocycles. The fourth-order valence-electron chi connectivity index (χ4n) is 5.60. The first-order valence-corrected chi connectivity index (χ1v) is 13.3. The molecule has 2 heteroatoms. The minimum absolute atomic E-state index is 0.00152. The minimum Gasteiger partial charge on any atom is -0.484 e. The van der Waals surface area contributed by atoms with Crippen LogP contribution in [-0.4, -0.2) is 24.5 Å². The predicted octanol–water partition coefficient (Wildman–Crippen LogP) is 8.20. The molecule has 0 N–H and O–H groups in total. The third-order valence-electron chi connectivity index (χ3n) is 7.61. The van der Waals surface area contributed by atoms with E-state index in [1.54, 1.807) is 5.57 Å². The standard InChI is InChI=1S/C35H33NO/c1-26-15-19-31(20-16-26)37-34(29-11-3-2-4-12-29)25-36-23-21-30(22-24-36)35-32-13-7-5-9-27(32)17-18-28-10-6-8-14-33(28)35/h2-20,34H,21-25H2,1H3. The van der Waals surface area contributed by atoms with Gasteiger partial charge in [0.05, 0.1) is 0 Å². The fraction of sp³-hybridized carbons (Fsp3) is 0.200. The van der Waals surface area contributed by atoms with E-state index >= 15 is 0 Å². The zero-order chi connectivity index (χ0) is 25.0. The molecule has 1 aliphatic carbocycles. The maximum atomic E-state index is 6.55. The van der Waals surface area contributed by atoms with Crippen molar-refractivity contribution in [2.24, 2.45) is 0 Å². The quantitative estimate of drug-likeness (QED) is 0.250. The van der Waals surface area contributed by atoms with E-state index < -0.39 is 0 Å². The van der Waals surface area contributed by atoms with Gasteiger partial charge in [-0.2, -0.15) is 0 Å². The van der Waals surface area contributed by atoms with E-state index in [0.29, 0.717) is 0 Å². The molecule has 1 saturated heterocycles. The van der Waals surface area contributed by atoms with Crippen LogP contribution in [0.2, 0.25) is 0 Å². The van der Waals surface area contributed by atoms with Crippen LogP contribution in [-0.2, 0) is 0 Å². The number of likely N-dealkylation sites (tertiary alicyclic amines) is 1. The van der Waals surface area contributed by atoms with E-state index in [4.69, 9.17) is 4.74 Å². The van der Waals surface area contributed by atoms with Crippen molar-refractivity contribution >= 4 is 17.7 Å². The van der Waals surface area contributed by atoms with Gasteiger partial charge in [-0.3, -0.25) is 4.90 Å². The Morgan fingerprint density at radius 2 is 1.24 bits per heavy atom. The van der Waals surface area contributed by atoms with Crippen molar-refractivity contribution < 1.29 is 4.74 Å². The first-order chi connectivity index (χ1) is 18.2. The van der Waals surface area contributed by atoms with Gasteiger partial charge >= 0.3 is 0 Å². The Labute approximate surface area is 220 Å². The first-order valence-electron chi connectivity index (χ1n) is 13.3. The van der Waals surface area contributed by atoms with Crippen molar-refractivity contribution in [1.29, 1.82) is 0 Å². The lowest BCUT2D eigenvalue weighted by atomic mass is 9.86. The van der Waals surface area contributed by atoms with Crippen molar-refractivity contribution in [3.63, 3.8) is 0 Å². The van der Waals surface area contributed by atoms with Gasteiger partial charge in [-0.15, -0.1) is 0 Å². The van der Waals surface area contributed by atoms with Gasteiger partial charge in [0.25, 0.3) is 0 Å². The number of aryl methyl sites for hydroxylation is 1. The third kappa shape index (κ3) is 5.16. The monoisotopic (exact) mass is 483 g/mol. The molecule has 2 nitrogen and oxygen atoms in total. The van der Waals surface area contributed by atoms with Crippen molar-refractivity contribution in [2.75, 3.05) is 19.6 Å². The Morgan fingerprint density at radius 3 is 1.86 bits per heavy atom. The summed E-state index contributed by atoms with van der Waals surface area (Å²) in [6, 6.07) is 36.7. The molecule has 0 bridgehead atoms. The number of nitrogens with zero attached hydrogens (tertiary/aromatic N) is 1. The molecule has 0 aromatic heterocycles. The van der Waals surface area contributed by atoms with E-state index in [9.17, 15) is 0 Å². The summed E-state index contributed by atoms with van der Waals surface area (Å²) in [7, 11) is 0. The van der Waals surface area contributed by atoms with E-state index in [0.717, 1.165) is 38.2 Å². The van der Waals surface area contributed by atoms with Crippen LogP contribution in [0.1, 0.15) is 52.3 Å². The van der Waals surface area contributed by atoms with Crippen LogP contribution < -0.4 is 4.74 Å². The van der Waals surface area contributed by atoms with Crippen LogP contribution in [0.5, 0.6) is 5.75 Å². The lowest BCUT2D eigenvalue weighted by molar-refractivity contribution is 0.127. The number of fused-ring (bicyclic) bond motifs is 2. The molecule has 1 fully saturated rings. The number of benzene rings is 4. The molecule has 0 radical (unpaired) electrons. The Morgan fingerprint density at radius 1 is 0.676 bits per heavy atom. The normalized spacial score (nSPS) is 16.0. The molecule has 1 aliphatic heterocycles. The van der Waals surface area contributed by atoms with Crippen LogP contribution in [0.3, 0.4) is 0 Å². The van der Waals surface area contributed by atoms with Crippen LogP contribution in [0.15, 0.2) is 109 Å². The molecule has 1 unspecified atom stereocenters. The van der Waals surface area contributed by atoms with Crippen LogP contribution in [0, 0.1) is 6.92 Å². The van der Waals surface area contributed by atoms with Crippen LogP contribution in [0.25, 0.3) is 17.7 Å². The Kier molecular flexibility index (Phi) is 6.75. The second-order valence-electron chi connectivity index (χ2n) is 10.1. The third-order valence-corrected chi connectivity index (χ3v) is 7.61. The van der Waals surface area contributed by atoms with E-state index in [1.165, 1.54) is 39.0 Å². The molecule has 0 spiro atoms. The van der Waals surface area contributed by atoms with Gasteiger partial charge in [0.2, 0.25) is 0 Å². The Hall–Kier alpha value is -3.88. The van der Waals surface area contributed by atoms with E-state index in [-0.39, 0.29) is 6.10 Å². The zero-order valence-electron chi connectivity index (χ0n) is 21.4. The highest BCUT2D eigenvalue weighted by Gasteiger charge is 2.25. The molecular formula is C35H33NO. The van der Waals surface area contributed by atoms with Crippen LogP contribution in [0.4, 0.5) is 0 Å². The maximum absolute atomic E-state index is 6.55. The molecule has 6 rings (SSSR count).